The lowest BCUT2D eigenvalue weighted by molar-refractivity contribution is -0.0284. The number of guanidine groups is 1. The lowest BCUT2D eigenvalue weighted by Crippen LogP contribution is -2.50. The first-order chi connectivity index (χ1) is 12.7. The van der Waals surface area contributed by atoms with Crippen molar-refractivity contribution >= 4 is 29.9 Å². The second-order valence-electron chi connectivity index (χ2n) is 7.99. The molecule has 152 valence electrons. The highest BCUT2D eigenvalue weighted by atomic mass is 127. The van der Waals surface area contributed by atoms with E-state index in [-0.39, 0.29) is 30.1 Å². The molecule has 3 rings (SSSR count). The van der Waals surface area contributed by atoms with Crippen LogP contribution >= 0.6 is 24.0 Å². The van der Waals surface area contributed by atoms with Crippen LogP contribution in [0.5, 0.6) is 0 Å². The third kappa shape index (κ3) is 7.23. The van der Waals surface area contributed by atoms with E-state index < -0.39 is 0 Å². The summed E-state index contributed by atoms with van der Waals surface area (Å²) in [6, 6.07) is 10.8. The number of benzene rings is 1. The minimum atomic E-state index is 0. The number of hydrogen-bond donors (Lipinski definition) is 2. The Labute approximate surface area is 181 Å². The first kappa shape index (κ1) is 22.4. The number of nitrogens with one attached hydrogen (secondary N) is 2. The van der Waals surface area contributed by atoms with Gasteiger partial charge in [-0.3, -0.25) is 9.89 Å². The molecule has 5 nitrogen and oxygen atoms in total. The molecule has 3 atom stereocenters. The monoisotopic (exact) mass is 486 g/mol. The SMILES string of the molecule is CN=C(NCC1CN(CC(C)C)CCO1)NCC1CC1c1ccccc1.I. The standard InChI is InChI=1S/C21H34N4O.HI/c1-16(2)14-25-9-10-26-19(15-25)13-24-21(22-3)23-12-18-11-20(18)17-7-5-4-6-8-17;/h4-8,16,18-20H,9-15H2,1-3H3,(H2,22,23,24);1H. The van der Waals surface area contributed by atoms with Crippen molar-refractivity contribution in [2.75, 3.05) is 46.4 Å². The van der Waals surface area contributed by atoms with Crippen molar-refractivity contribution in [2.45, 2.75) is 32.3 Å². The second kappa shape index (κ2) is 11.2. The molecule has 1 aromatic carbocycles. The lowest BCUT2D eigenvalue weighted by atomic mass is 10.1. The number of ether oxygens (including phenoxy) is 1. The van der Waals surface area contributed by atoms with E-state index in [0.29, 0.717) is 17.8 Å². The van der Waals surface area contributed by atoms with Gasteiger partial charge in [-0.1, -0.05) is 44.2 Å². The van der Waals surface area contributed by atoms with Crippen LogP contribution in [0.2, 0.25) is 0 Å². The Bertz CT molecular complexity index is 581. The summed E-state index contributed by atoms with van der Waals surface area (Å²) >= 11 is 0. The van der Waals surface area contributed by atoms with Crippen LogP contribution in [0, 0.1) is 11.8 Å². The van der Waals surface area contributed by atoms with Gasteiger partial charge in [-0.2, -0.15) is 0 Å². The van der Waals surface area contributed by atoms with Crippen LogP contribution in [0.1, 0.15) is 31.7 Å². The van der Waals surface area contributed by atoms with Gasteiger partial charge in [-0.05, 0) is 29.7 Å². The van der Waals surface area contributed by atoms with Gasteiger partial charge in [0.2, 0.25) is 0 Å². The molecular formula is C21H35IN4O. The molecule has 0 spiro atoms. The van der Waals surface area contributed by atoms with Crippen molar-refractivity contribution in [2.24, 2.45) is 16.8 Å². The highest BCUT2D eigenvalue weighted by Gasteiger charge is 2.37. The van der Waals surface area contributed by atoms with E-state index in [0.717, 1.165) is 45.3 Å². The van der Waals surface area contributed by atoms with Crippen LogP contribution in [0.4, 0.5) is 0 Å². The van der Waals surface area contributed by atoms with Gasteiger partial charge in [0.1, 0.15) is 0 Å². The van der Waals surface area contributed by atoms with E-state index in [1.54, 1.807) is 0 Å². The Hall–Kier alpha value is -0.860. The quantitative estimate of drug-likeness (QED) is 0.354. The van der Waals surface area contributed by atoms with Crippen LogP contribution in [0.25, 0.3) is 0 Å². The van der Waals surface area contributed by atoms with Crippen LogP contribution < -0.4 is 10.6 Å². The van der Waals surface area contributed by atoms with Crippen LogP contribution in [0.3, 0.4) is 0 Å². The Kier molecular flexibility index (Phi) is 9.32. The maximum Gasteiger partial charge on any atom is 0.191 e. The summed E-state index contributed by atoms with van der Waals surface area (Å²) in [4.78, 5) is 6.87. The highest BCUT2D eigenvalue weighted by molar-refractivity contribution is 14.0. The molecule has 1 aromatic rings. The van der Waals surface area contributed by atoms with E-state index in [1.807, 2.05) is 7.05 Å². The van der Waals surface area contributed by atoms with Crippen molar-refractivity contribution in [3.05, 3.63) is 35.9 Å². The molecule has 1 heterocycles. The van der Waals surface area contributed by atoms with Gasteiger partial charge in [-0.25, -0.2) is 0 Å². The molecule has 2 N–H and O–H groups in total. The average Bonchev–Trinajstić information content (AvgIpc) is 3.42. The van der Waals surface area contributed by atoms with Crippen molar-refractivity contribution in [3.8, 4) is 0 Å². The van der Waals surface area contributed by atoms with Crippen molar-refractivity contribution in [1.29, 1.82) is 0 Å². The predicted molar refractivity (Wildman–Crippen MR) is 123 cm³/mol. The van der Waals surface area contributed by atoms with Gasteiger partial charge < -0.3 is 15.4 Å². The van der Waals surface area contributed by atoms with Crippen LogP contribution in [-0.4, -0.2) is 63.3 Å². The predicted octanol–water partition coefficient (Wildman–Crippen LogP) is 2.93. The second-order valence-corrected chi connectivity index (χ2v) is 7.99. The van der Waals surface area contributed by atoms with Gasteiger partial charge in [0.25, 0.3) is 0 Å². The van der Waals surface area contributed by atoms with Crippen LogP contribution in [0.15, 0.2) is 35.3 Å². The zero-order chi connectivity index (χ0) is 18.4. The fourth-order valence-electron chi connectivity index (χ4n) is 3.83. The maximum atomic E-state index is 5.91. The number of morpholine rings is 1. The van der Waals surface area contributed by atoms with E-state index in [9.17, 15) is 0 Å². The summed E-state index contributed by atoms with van der Waals surface area (Å²) in [5.41, 5.74) is 1.46. The largest absolute Gasteiger partial charge is 0.374 e. The van der Waals surface area contributed by atoms with Crippen molar-refractivity contribution in [1.82, 2.24) is 15.5 Å². The molecule has 0 bridgehead atoms. The molecule has 1 aliphatic heterocycles. The first-order valence-electron chi connectivity index (χ1n) is 9.99. The normalized spacial score (nSPS) is 25.8. The Morgan fingerprint density at radius 2 is 1.96 bits per heavy atom. The van der Waals surface area contributed by atoms with Gasteiger partial charge in [-0.15, -0.1) is 24.0 Å². The first-order valence-corrected chi connectivity index (χ1v) is 9.99. The smallest absolute Gasteiger partial charge is 0.191 e. The summed E-state index contributed by atoms with van der Waals surface area (Å²) in [6.45, 7) is 10.3. The third-order valence-corrected chi connectivity index (χ3v) is 5.25. The number of nitrogens with zero attached hydrogens (tertiary/aromatic N) is 2. The number of hydrogen-bond acceptors (Lipinski definition) is 3. The van der Waals surface area contributed by atoms with Gasteiger partial charge in [0.05, 0.1) is 12.7 Å². The summed E-state index contributed by atoms with van der Waals surface area (Å²) in [6.07, 6.45) is 1.50. The zero-order valence-corrected chi connectivity index (χ0v) is 19.2. The Balaban J connectivity index is 0.00000261. The molecule has 3 unspecified atom stereocenters. The molecule has 1 saturated carbocycles. The third-order valence-electron chi connectivity index (χ3n) is 5.25. The van der Waals surface area contributed by atoms with E-state index in [4.69, 9.17) is 4.74 Å². The highest BCUT2D eigenvalue weighted by Crippen LogP contribution is 2.46. The van der Waals surface area contributed by atoms with Crippen LogP contribution in [-0.2, 0) is 4.74 Å². The summed E-state index contributed by atoms with van der Waals surface area (Å²) in [5.74, 6) is 3.00. The number of aliphatic imine (C=N–C) groups is 1. The summed E-state index contributed by atoms with van der Waals surface area (Å²) in [5, 5.41) is 6.92. The van der Waals surface area contributed by atoms with Crippen molar-refractivity contribution in [3.63, 3.8) is 0 Å². The van der Waals surface area contributed by atoms with E-state index in [2.05, 4.69) is 64.7 Å². The molecule has 2 aliphatic rings. The molecule has 1 aliphatic carbocycles. The minimum Gasteiger partial charge on any atom is -0.374 e. The fourth-order valence-corrected chi connectivity index (χ4v) is 3.83. The van der Waals surface area contributed by atoms with Gasteiger partial charge in [0.15, 0.2) is 5.96 Å². The molecule has 0 aromatic heterocycles. The van der Waals surface area contributed by atoms with E-state index >= 15 is 0 Å². The average molecular weight is 486 g/mol. The molecule has 0 radical (unpaired) electrons. The number of rotatable bonds is 7. The zero-order valence-electron chi connectivity index (χ0n) is 16.9. The number of halogens is 1. The molecule has 6 heteroatoms. The topological polar surface area (TPSA) is 48.9 Å². The van der Waals surface area contributed by atoms with E-state index in [1.165, 1.54) is 12.0 Å². The Morgan fingerprint density at radius 3 is 2.67 bits per heavy atom. The summed E-state index contributed by atoms with van der Waals surface area (Å²) < 4.78 is 5.91. The van der Waals surface area contributed by atoms with Gasteiger partial charge in [0, 0.05) is 39.8 Å². The molecule has 0 amide bonds. The fraction of sp³-hybridized carbons (Fsp3) is 0.667. The lowest BCUT2D eigenvalue weighted by Gasteiger charge is -2.34. The summed E-state index contributed by atoms with van der Waals surface area (Å²) in [7, 11) is 1.84. The maximum absolute atomic E-state index is 5.91. The van der Waals surface area contributed by atoms with Crippen molar-refractivity contribution < 1.29 is 4.74 Å². The molecular weight excluding hydrogens is 451 g/mol. The molecule has 2 fully saturated rings. The minimum absolute atomic E-state index is 0. The molecule has 27 heavy (non-hydrogen) atoms. The Morgan fingerprint density at radius 1 is 1.22 bits per heavy atom. The molecule has 1 saturated heterocycles. The van der Waals surface area contributed by atoms with Gasteiger partial charge >= 0.3 is 0 Å².